The average molecular weight is 414 g/mol. The molecule has 0 fully saturated rings. The number of aryl methyl sites for hydroxylation is 1. The molecule has 1 aromatic heterocycles. The minimum absolute atomic E-state index is 0.236. The SMILES string of the molecule is CCCc1nc2cccc(C(=O)O)c2n1Cc1ccc(-c2ccccc2C(=O)O)cc1. The lowest BCUT2D eigenvalue weighted by Gasteiger charge is -2.12. The smallest absolute Gasteiger partial charge is 0.337 e. The number of fused-ring (bicyclic) bond motifs is 1. The van der Waals surface area contributed by atoms with Gasteiger partial charge >= 0.3 is 11.9 Å². The lowest BCUT2D eigenvalue weighted by molar-refractivity contribution is 0.0687. The van der Waals surface area contributed by atoms with Gasteiger partial charge in [-0.15, -0.1) is 0 Å². The van der Waals surface area contributed by atoms with Crippen LogP contribution in [0.1, 0.15) is 45.4 Å². The second-order valence-corrected chi connectivity index (χ2v) is 7.39. The summed E-state index contributed by atoms with van der Waals surface area (Å²) in [5.41, 5.74) is 4.25. The standard InChI is InChI=1S/C25H22N2O4/c1-2-6-22-26-21-10-5-9-20(25(30)31)23(21)27(22)15-16-11-13-17(14-12-16)18-7-3-4-8-19(18)24(28)29/h3-5,7-14H,2,6,15H2,1H3,(H,28,29)(H,30,31). The molecule has 4 rings (SSSR count). The van der Waals surface area contributed by atoms with Crippen molar-refractivity contribution in [3.8, 4) is 11.1 Å². The lowest BCUT2D eigenvalue weighted by atomic mass is 9.98. The van der Waals surface area contributed by atoms with Crippen molar-refractivity contribution in [1.29, 1.82) is 0 Å². The predicted octanol–water partition coefficient (Wildman–Crippen LogP) is 5.10. The Balaban J connectivity index is 1.74. The van der Waals surface area contributed by atoms with E-state index >= 15 is 0 Å². The van der Waals surface area contributed by atoms with Crippen LogP contribution in [-0.4, -0.2) is 31.7 Å². The first-order valence-corrected chi connectivity index (χ1v) is 10.1. The summed E-state index contributed by atoms with van der Waals surface area (Å²) in [6.07, 6.45) is 1.65. The minimum Gasteiger partial charge on any atom is -0.478 e. The Bertz CT molecular complexity index is 1270. The molecule has 0 unspecified atom stereocenters. The van der Waals surface area contributed by atoms with Gasteiger partial charge in [-0.25, -0.2) is 14.6 Å². The maximum absolute atomic E-state index is 11.8. The molecule has 0 saturated heterocycles. The number of aromatic carboxylic acids is 2. The fourth-order valence-corrected chi connectivity index (χ4v) is 3.88. The van der Waals surface area contributed by atoms with Crippen LogP contribution in [0.25, 0.3) is 22.2 Å². The molecule has 0 amide bonds. The van der Waals surface area contributed by atoms with Gasteiger partial charge in [0.2, 0.25) is 0 Å². The van der Waals surface area contributed by atoms with E-state index in [2.05, 4.69) is 11.9 Å². The van der Waals surface area contributed by atoms with Crippen LogP contribution in [0.3, 0.4) is 0 Å². The normalized spacial score (nSPS) is 11.0. The van der Waals surface area contributed by atoms with Gasteiger partial charge in [0.05, 0.1) is 22.2 Å². The quantitative estimate of drug-likeness (QED) is 0.439. The molecule has 6 heteroatoms. The van der Waals surface area contributed by atoms with Crippen molar-refractivity contribution >= 4 is 23.0 Å². The van der Waals surface area contributed by atoms with E-state index in [0.29, 0.717) is 23.1 Å². The molecule has 0 saturated carbocycles. The molecule has 0 aliphatic carbocycles. The third-order valence-corrected chi connectivity index (χ3v) is 5.31. The molecule has 0 aliphatic rings. The Kier molecular flexibility index (Phi) is 5.54. The van der Waals surface area contributed by atoms with Gasteiger partial charge in [-0.05, 0) is 41.3 Å². The van der Waals surface area contributed by atoms with Crippen LogP contribution < -0.4 is 0 Å². The minimum atomic E-state index is -0.976. The molecule has 0 atom stereocenters. The van der Waals surface area contributed by atoms with Crippen molar-refractivity contribution in [1.82, 2.24) is 9.55 Å². The Labute approximate surface area is 179 Å². The third-order valence-electron chi connectivity index (χ3n) is 5.31. The third kappa shape index (κ3) is 3.92. The molecular weight excluding hydrogens is 392 g/mol. The summed E-state index contributed by atoms with van der Waals surface area (Å²) < 4.78 is 1.97. The highest BCUT2D eigenvalue weighted by Gasteiger charge is 2.18. The number of hydrogen-bond donors (Lipinski definition) is 2. The van der Waals surface area contributed by atoms with Gasteiger partial charge < -0.3 is 14.8 Å². The number of carbonyl (C=O) groups is 2. The Morgan fingerprint density at radius 3 is 2.23 bits per heavy atom. The fourth-order valence-electron chi connectivity index (χ4n) is 3.88. The predicted molar refractivity (Wildman–Crippen MR) is 119 cm³/mol. The van der Waals surface area contributed by atoms with Crippen molar-refractivity contribution in [2.24, 2.45) is 0 Å². The van der Waals surface area contributed by atoms with E-state index in [1.165, 1.54) is 0 Å². The molecule has 31 heavy (non-hydrogen) atoms. The topological polar surface area (TPSA) is 92.4 Å². The summed E-state index contributed by atoms with van der Waals surface area (Å²) in [7, 11) is 0. The zero-order valence-electron chi connectivity index (χ0n) is 17.1. The van der Waals surface area contributed by atoms with E-state index in [9.17, 15) is 19.8 Å². The zero-order valence-corrected chi connectivity index (χ0v) is 17.1. The van der Waals surface area contributed by atoms with Crippen LogP contribution in [-0.2, 0) is 13.0 Å². The number of para-hydroxylation sites is 1. The van der Waals surface area contributed by atoms with Crippen molar-refractivity contribution in [2.75, 3.05) is 0 Å². The Morgan fingerprint density at radius 1 is 0.871 bits per heavy atom. The van der Waals surface area contributed by atoms with Gasteiger partial charge in [-0.2, -0.15) is 0 Å². The molecule has 2 N–H and O–H groups in total. The molecule has 6 nitrogen and oxygen atoms in total. The molecular formula is C25H22N2O4. The van der Waals surface area contributed by atoms with Crippen molar-refractivity contribution in [3.63, 3.8) is 0 Å². The Morgan fingerprint density at radius 2 is 1.55 bits per heavy atom. The number of carboxylic acids is 2. The largest absolute Gasteiger partial charge is 0.478 e. The molecule has 156 valence electrons. The van der Waals surface area contributed by atoms with E-state index in [4.69, 9.17) is 0 Å². The Hall–Kier alpha value is -3.93. The second kappa shape index (κ2) is 8.44. The molecule has 0 aliphatic heterocycles. The second-order valence-electron chi connectivity index (χ2n) is 7.39. The van der Waals surface area contributed by atoms with Gasteiger partial charge in [0, 0.05) is 13.0 Å². The van der Waals surface area contributed by atoms with Crippen molar-refractivity contribution < 1.29 is 19.8 Å². The molecule has 0 spiro atoms. The number of hydrogen-bond acceptors (Lipinski definition) is 3. The molecule has 0 radical (unpaired) electrons. The van der Waals surface area contributed by atoms with Crippen molar-refractivity contribution in [3.05, 3.63) is 89.2 Å². The number of rotatable bonds is 7. The van der Waals surface area contributed by atoms with E-state index in [1.807, 2.05) is 41.0 Å². The number of benzene rings is 3. The van der Waals surface area contributed by atoms with Crippen LogP contribution in [0, 0.1) is 0 Å². The highest BCUT2D eigenvalue weighted by Crippen LogP contribution is 2.26. The summed E-state index contributed by atoms with van der Waals surface area (Å²) in [6.45, 7) is 2.55. The van der Waals surface area contributed by atoms with Crippen LogP contribution >= 0.6 is 0 Å². The fraction of sp³-hybridized carbons (Fsp3) is 0.160. The summed E-state index contributed by atoms with van der Waals surface area (Å²) >= 11 is 0. The van der Waals surface area contributed by atoms with Gasteiger partial charge in [0.25, 0.3) is 0 Å². The zero-order chi connectivity index (χ0) is 22.0. The first kappa shape index (κ1) is 20.3. The number of aromatic nitrogens is 2. The van der Waals surface area contributed by atoms with Gasteiger partial charge in [-0.1, -0.05) is 55.5 Å². The molecule has 0 bridgehead atoms. The maximum Gasteiger partial charge on any atom is 0.337 e. The molecule has 4 aromatic rings. The van der Waals surface area contributed by atoms with Crippen LogP contribution in [0.15, 0.2) is 66.7 Å². The number of imidazole rings is 1. The van der Waals surface area contributed by atoms with E-state index in [-0.39, 0.29) is 11.1 Å². The molecule has 1 heterocycles. The van der Waals surface area contributed by atoms with E-state index in [1.54, 1.807) is 30.3 Å². The highest BCUT2D eigenvalue weighted by atomic mass is 16.4. The van der Waals surface area contributed by atoms with Gasteiger partial charge in [0.1, 0.15) is 5.82 Å². The summed E-state index contributed by atoms with van der Waals surface area (Å²) in [5.74, 6) is -1.09. The number of carboxylic acid groups (broad SMARTS) is 2. The monoisotopic (exact) mass is 414 g/mol. The van der Waals surface area contributed by atoms with Crippen molar-refractivity contribution in [2.45, 2.75) is 26.3 Å². The van der Waals surface area contributed by atoms with Gasteiger partial charge in [-0.3, -0.25) is 0 Å². The highest BCUT2D eigenvalue weighted by molar-refractivity contribution is 6.01. The van der Waals surface area contributed by atoms with Crippen LogP contribution in [0.5, 0.6) is 0 Å². The van der Waals surface area contributed by atoms with E-state index < -0.39 is 11.9 Å². The summed E-state index contributed by atoms with van der Waals surface area (Å²) in [4.78, 5) is 28.0. The van der Waals surface area contributed by atoms with Crippen LogP contribution in [0.4, 0.5) is 0 Å². The number of nitrogens with zero attached hydrogens (tertiary/aromatic N) is 2. The van der Waals surface area contributed by atoms with Gasteiger partial charge in [0.15, 0.2) is 0 Å². The maximum atomic E-state index is 11.8. The molecule has 3 aromatic carbocycles. The first-order valence-electron chi connectivity index (χ1n) is 10.1. The summed E-state index contributed by atoms with van der Waals surface area (Å²) in [6, 6.07) is 19.7. The van der Waals surface area contributed by atoms with E-state index in [0.717, 1.165) is 29.8 Å². The lowest BCUT2D eigenvalue weighted by Crippen LogP contribution is -2.08. The van der Waals surface area contributed by atoms with Crippen LogP contribution in [0.2, 0.25) is 0 Å². The first-order chi connectivity index (χ1) is 15.0. The summed E-state index contributed by atoms with van der Waals surface area (Å²) in [5, 5.41) is 19.1. The average Bonchev–Trinajstić information content (AvgIpc) is 3.11.